The molecule has 7 nitrogen and oxygen atoms in total. The average molecular weight is 626 g/mol. The van der Waals surface area contributed by atoms with Gasteiger partial charge in [-0.15, -0.1) is 0 Å². The van der Waals surface area contributed by atoms with Crippen LogP contribution < -0.4 is 22.9 Å². The van der Waals surface area contributed by atoms with Crippen molar-refractivity contribution in [2.24, 2.45) is 22.9 Å². The summed E-state index contributed by atoms with van der Waals surface area (Å²) in [6.45, 7) is 12.8. The summed E-state index contributed by atoms with van der Waals surface area (Å²) in [4.78, 5) is 0. The number of nitrogens with two attached hydrogens (primary N) is 4. The molecule has 0 aliphatic carbocycles. The van der Waals surface area contributed by atoms with Crippen LogP contribution >= 0.6 is 0 Å². The third kappa shape index (κ3) is 17.6. The summed E-state index contributed by atoms with van der Waals surface area (Å²) >= 11 is 0. The fourth-order valence-corrected chi connectivity index (χ4v) is 4.02. The van der Waals surface area contributed by atoms with Crippen LogP contribution in [0.25, 0.3) is 0 Å². The second-order valence-corrected chi connectivity index (χ2v) is 9.77. The highest BCUT2D eigenvalue weighted by molar-refractivity contribution is 5.43. The van der Waals surface area contributed by atoms with E-state index in [0.29, 0.717) is 35.5 Å². The molecule has 0 aliphatic rings. The fourth-order valence-electron chi connectivity index (χ4n) is 4.02. The first-order chi connectivity index (χ1) is 22.6. The molecule has 0 fully saturated rings. The summed E-state index contributed by atoms with van der Waals surface area (Å²) in [5.41, 5.74) is 31.8. The molecule has 242 valence electrons. The SMILES string of the molecule is C=CC(=C\C)/C(N)=C/C=C\Cc1cc(C\C=C/C=C(N)/C(C=C)=C/CC#N)cc(C\C=C/C=C(N)/C(/C=C(\N)C#N)=C/C)c1.CC#N. The largest absolute Gasteiger partial charge is 0.398 e. The first-order valence-corrected chi connectivity index (χ1v) is 15.0. The molecule has 0 amide bonds. The highest BCUT2D eigenvalue weighted by Crippen LogP contribution is 2.16. The van der Waals surface area contributed by atoms with Gasteiger partial charge in [0.1, 0.15) is 11.8 Å². The molecule has 1 aromatic rings. The van der Waals surface area contributed by atoms with Crippen molar-refractivity contribution in [2.45, 2.75) is 46.5 Å². The molecule has 0 spiro atoms. The number of allylic oxidation sites excluding steroid dienone is 16. The van der Waals surface area contributed by atoms with Crippen LogP contribution in [0.4, 0.5) is 0 Å². The van der Waals surface area contributed by atoms with Crippen molar-refractivity contribution in [3.63, 3.8) is 0 Å². The van der Waals surface area contributed by atoms with Crippen molar-refractivity contribution in [3.8, 4) is 18.2 Å². The molecular formula is C40H47N7. The molecule has 0 bridgehead atoms. The lowest BCUT2D eigenvalue weighted by Crippen LogP contribution is -2.02. The third-order valence-electron chi connectivity index (χ3n) is 6.32. The van der Waals surface area contributed by atoms with Crippen LogP contribution in [0.15, 0.2) is 162 Å². The van der Waals surface area contributed by atoms with Gasteiger partial charge in [-0.2, -0.15) is 15.8 Å². The Morgan fingerprint density at radius 1 is 0.681 bits per heavy atom. The van der Waals surface area contributed by atoms with Crippen LogP contribution in [-0.2, 0) is 19.3 Å². The van der Waals surface area contributed by atoms with Crippen molar-refractivity contribution in [2.75, 3.05) is 0 Å². The molecule has 0 aliphatic heterocycles. The van der Waals surface area contributed by atoms with Gasteiger partial charge in [0.25, 0.3) is 0 Å². The van der Waals surface area contributed by atoms with Gasteiger partial charge in [-0.25, -0.2) is 0 Å². The Bertz CT molecular complexity index is 1640. The zero-order valence-electron chi connectivity index (χ0n) is 27.8. The van der Waals surface area contributed by atoms with E-state index in [9.17, 15) is 0 Å². The standard InChI is InChI=1S/C38H44N6.C2H3N/c1-5-32(6-2)36(42)20-12-9-16-29-24-30(17-10-13-21-37(43)33(7-3)19-15-23-39)26-31(25-29)18-11-14-22-38(44)34(8-4)27-35(41)28-40;1-2-3/h5-14,19-22,24-27H,1,3,15-18,41-44H2,2,4H3;1H3/b12-9-,13-10-,14-11-,32-6+,33-19+,34-8+,35-27-,36-20-,37-21-,38-22-;. The number of benzene rings is 1. The van der Waals surface area contributed by atoms with Crippen molar-refractivity contribution < 1.29 is 0 Å². The van der Waals surface area contributed by atoms with Gasteiger partial charge in [0.15, 0.2) is 0 Å². The van der Waals surface area contributed by atoms with Crippen LogP contribution in [0.2, 0.25) is 0 Å². The lowest BCUT2D eigenvalue weighted by molar-refractivity contribution is 1.15. The second kappa shape index (κ2) is 25.1. The zero-order valence-corrected chi connectivity index (χ0v) is 27.8. The van der Waals surface area contributed by atoms with Gasteiger partial charge in [0, 0.05) is 24.0 Å². The Morgan fingerprint density at radius 3 is 1.40 bits per heavy atom. The molecule has 7 heteroatoms. The van der Waals surface area contributed by atoms with Gasteiger partial charge in [-0.3, -0.25) is 0 Å². The Balaban J connectivity index is 0.00000677. The van der Waals surface area contributed by atoms with E-state index in [1.165, 1.54) is 12.5 Å². The topological polar surface area (TPSA) is 175 Å². The van der Waals surface area contributed by atoms with E-state index in [2.05, 4.69) is 43.5 Å². The summed E-state index contributed by atoms with van der Waals surface area (Å²) in [5.74, 6) is 0. The van der Waals surface area contributed by atoms with Crippen LogP contribution in [0.1, 0.15) is 43.9 Å². The Morgan fingerprint density at radius 2 is 1.06 bits per heavy atom. The van der Waals surface area contributed by atoms with Crippen molar-refractivity contribution >= 4 is 0 Å². The van der Waals surface area contributed by atoms with Crippen LogP contribution in [0.3, 0.4) is 0 Å². The van der Waals surface area contributed by atoms with Gasteiger partial charge in [-0.05, 0) is 90.8 Å². The molecule has 1 rings (SSSR count). The molecule has 0 saturated carbocycles. The van der Waals surface area contributed by atoms with Gasteiger partial charge < -0.3 is 22.9 Å². The van der Waals surface area contributed by atoms with Crippen molar-refractivity contribution in [1.82, 2.24) is 0 Å². The molecule has 1 aromatic carbocycles. The molecule has 0 atom stereocenters. The van der Waals surface area contributed by atoms with E-state index < -0.39 is 0 Å². The number of hydrogen-bond acceptors (Lipinski definition) is 7. The van der Waals surface area contributed by atoms with Gasteiger partial charge in [0.05, 0.1) is 18.6 Å². The van der Waals surface area contributed by atoms with Gasteiger partial charge >= 0.3 is 0 Å². The molecular weight excluding hydrogens is 578 g/mol. The van der Waals surface area contributed by atoms with Crippen LogP contribution in [-0.4, -0.2) is 0 Å². The monoisotopic (exact) mass is 625 g/mol. The molecule has 0 radical (unpaired) electrons. The van der Waals surface area contributed by atoms with E-state index in [1.807, 2.05) is 74.6 Å². The fraction of sp³-hybridized carbons (Fsp3) is 0.175. The predicted molar refractivity (Wildman–Crippen MR) is 197 cm³/mol. The van der Waals surface area contributed by atoms with E-state index in [4.69, 9.17) is 38.7 Å². The quantitative estimate of drug-likeness (QED) is 0.108. The highest BCUT2D eigenvalue weighted by Gasteiger charge is 2.01. The van der Waals surface area contributed by atoms with Gasteiger partial charge in [0.2, 0.25) is 0 Å². The summed E-state index contributed by atoms with van der Waals surface area (Å²) < 4.78 is 0. The summed E-state index contributed by atoms with van der Waals surface area (Å²) in [6, 6.07) is 12.3. The van der Waals surface area contributed by atoms with E-state index in [1.54, 1.807) is 36.4 Å². The van der Waals surface area contributed by atoms with Crippen LogP contribution in [0.5, 0.6) is 0 Å². The average Bonchev–Trinajstić information content (AvgIpc) is 3.06. The molecule has 0 saturated heterocycles. The van der Waals surface area contributed by atoms with Crippen LogP contribution in [0, 0.1) is 34.0 Å². The Hall–Kier alpha value is -6.23. The number of hydrogen-bond donors (Lipinski definition) is 4. The summed E-state index contributed by atoms with van der Waals surface area (Å²) in [5, 5.41) is 25.1. The normalized spacial score (nSPS) is 13.6. The maximum atomic E-state index is 8.94. The lowest BCUT2D eigenvalue weighted by Gasteiger charge is -2.07. The Labute approximate surface area is 281 Å². The lowest BCUT2D eigenvalue weighted by atomic mass is 9.99. The van der Waals surface area contributed by atoms with E-state index in [-0.39, 0.29) is 12.1 Å². The summed E-state index contributed by atoms with van der Waals surface area (Å²) in [6.07, 6.45) is 30.3. The van der Waals surface area contributed by atoms with Crippen molar-refractivity contribution in [1.29, 1.82) is 15.8 Å². The Kier molecular flexibility index (Phi) is 21.8. The minimum atomic E-state index is 0.0989. The second-order valence-electron chi connectivity index (χ2n) is 9.77. The van der Waals surface area contributed by atoms with E-state index in [0.717, 1.165) is 28.7 Å². The predicted octanol–water partition coefficient (Wildman–Crippen LogP) is 7.51. The third-order valence-corrected chi connectivity index (χ3v) is 6.32. The smallest absolute Gasteiger partial charge is 0.117 e. The number of rotatable bonds is 16. The molecule has 0 unspecified atom stereocenters. The summed E-state index contributed by atoms with van der Waals surface area (Å²) in [7, 11) is 0. The molecule has 8 N–H and O–H groups in total. The zero-order chi connectivity index (χ0) is 35.5. The molecule has 0 aromatic heterocycles. The molecule has 0 heterocycles. The van der Waals surface area contributed by atoms with Gasteiger partial charge in [-0.1, -0.05) is 98.2 Å². The van der Waals surface area contributed by atoms with E-state index >= 15 is 0 Å². The maximum absolute atomic E-state index is 8.94. The highest BCUT2D eigenvalue weighted by atomic mass is 14.6. The van der Waals surface area contributed by atoms with Crippen molar-refractivity contribution in [3.05, 3.63) is 179 Å². The maximum Gasteiger partial charge on any atom is 0.117 e. The minimum absolute atomic E-state index is 0.0989. The first-order valence-electron chi connectivity index (χ1n) is 15.0. The first kappa shape index (κ1) is 40.8. The molecule has 47 heavy (non-hydrogen) atoms. The minimum Gasteiger partial charge on any atom is -0.398 e. The number of nitriles is 3. The number of nitrogens with zero attached hydrogens (tertiary/aromatic N) is 3.